The third-order valence-corrected chi connectivity index (χ3v) is 3.77. The smallest absolute Gasteiger partial charge is 0.417 e. The summed E-state index contributed by atoms with van der Waals surface area (Å²) < 4.78 is 43.1. The fourth-order valence-electron chi connectivity index (χ4n) is 2.51. The number of rotatable bonds is 3. The van der Waals surface area contributed by atoms with Gasteiger partial charge in [0.05, 0.1) is 23.9 Å². The van der Waals surface area contributed by atoms with Gasteiger partial charge in [-0.25, -0.2) is 0 Å². The first-order valence-corrected chi connectivity index (χ1v) is 7.13. The molecule has 1 aromatic carbocycles. The minimum Gasteiger partial charge on any atom is -0.493 e. The first kappa shape index (κ1) is 16.0. The van der Waals surface area contributed by atoms with E-state index in [2.05, 4.69) is 4.98 Å². The van der Waals surface area contributed by atoms with Crippen LogP contribution in [-0.2, 0) is 12.6 Å². The molecule has 0 fully saturated rings. The topological polar surface area (TPSA) is 63.0 Å². The van der Waals surface area contributed by atoms with Crippen molar-refractivity contribution in [3.05, 3.63) is 58.9 Å². The molecule has 122 valence electrons. The Morgan fingerprint density at radius 2 is 2.08 bits per heavy atom. The number of fused-ring (bicyclic) bond motifs is 1. The van der Waals surface area contributed by atoms with E-state index in [-0.39, 0.29) is 5.69 Å². The van der Waals surface area contributed by atoms with E-state index in [1.807, 2.05) is 6.07 Å². The molecule has 0 N–H and O–H groups in total. The van der Waals surface area contributed by atoms with Crippen LogP contribution >= 0.6 is 0 Å². The number of carbonyl (C=O) groups excluding carboxylic acids is 1. The molecule has 24 heavy (non-hydrogen) atoms. The van der Waals surface area contributed by atoms with Crippen LogP contribution in [0.4, 0.5) is 13.2 Å². The van der Waals surface area contributed by atoms with Gasteiger partial charge in [-0.3, -0.25) is 9.78 Å². The van der Waals surface area contributed by atoms with Gasteiger partial charge in [0.25, 0.3) is 0 Å². The highest BCUT2D eigenvalue weighted by Crippen LogP contribution is 2.31. The summed E-state index contributed by atoms with van der Waals surface area (Å²) in [5.41, 5.74) is 0.253. The van der Waals surface area contributed by atoms with Gasteiger partial charge in [-0.15, -0.1) is 0 Å². The van der Waals surface area contributed by atoms with Crippen molar-refractivity contribution in [3.63, 3.8) is 0 Å². The van der Waals surface area contributed by atoms with Crippen LogP contribution < -0.4 is 4.74 Å². The monoisotopic (exact) mass is 332 g/mol. The van der Waals surface area contributed by atoms with E-state index in [0.717, 1.165) is 17.7 Å². The van der Waals surface area contributed by atoms with Crippen LogP contribution in [0.15, 0.2) is 36.5 Å². The first-order valence-electron chi connectivity index (χ1n) is 7.13. The summed E-state index contributed by atoms with van der Waals surface area (Å²) in [5, 5.41) is 9.28. The highest BCUT2D eigenvalue weighted by atomic mass is 19.4. The van der Waals surface area contributed by atoms with Crippen LogP contribution in [0.2, 0.25) is 0 Å². The molecule has 1 aromatic heterocycles. The Morgan fingerprint density at radius 1 is 1.29 bits per heavy atom. The molecule has 0 bridgehead atoms. The van der Waals surface area contributed by atoms with Gasteiger partial charge in [-0.05, 0) is 35.9 Å². The van der Waals surface area contributed by atoms with Gasteiger partial charge in [0.15, 0.2) is 11.7 Å². The van der Waals surface area contributed by atoms with Gasteiger partial charge < -0.3 is 4.74 Å². The standard InChI is InChI=1S/C17H11F3N2O2/c18-17(19,20)12-2-3-14(22-9-12)13(8-21)16(23)11-1-4-15-10(7-11)5-6-24-15/h1-4,7,9,13H,5-6H2/t13-/m1/s1. The molecule has 0 saturated carbocycles. The summed E-state index contributed by atoms with van der Waals surface area (Å²) in [7, 11) is 0. The van der Waals surface area contributed by atoms with E-state index in [1.165, 1.54) is 0 Å². The van der Waals surface area contributed by atoms with Crippen molar-refractivity contribution in [1.82, 2.24) is 4.98 Å². The summed E-state index contributed by atoms with van der Waals surface area (Å²) in [5.74, 6) is -1.06. The number of benzene rings is 1. The molecule has 1 atom stereocenters. The second-order valence-electron chi connectivity index (χ2n) is 5.32. The first-order chi connectivity index (χ1) is 11.4. The second kappa shape index (κ2) is 5.96. The maximum atomic E-state index is 12.6. The zero-order valence-corrected chi connectivity index (χ0v) is 12.3. The van der Waals surface area contributed by atoms with Crippen molar-refractivity contribution < 1.29 is 22.7 Å². The second-order valence-corrected chi connectivity index (χ2v) is 5.32. The van der Waals surface area contributed by atoms with Crippen molar-refractivity contribution >= 4 is 5.78 Å². The maximum absolute atomic E-state index is 12.6. The summed E-state index contributed by atoms with van der Waals surface area (Å²) in [6.45, 7) is 0.537. The molecule has 0 spiro atoms. The number of Topliss-reactive ketones (excluding diaryl/α,β-unsaturated/α-hetero) is 1. The summed E-state index contributed by atoms with van der Waals surface area (Å²) in [4.78, 5) is 16.2. The molecule has 0 saturated heterocycles. The largest absolute Gasteiger partial charge is 0.493 e. The zero-order valence-electron chi connectivity index (χ0n) is 12.3. The number of pyridine rings is 1. The van der Waals surface area contributed by atoms with Crippen molar-refractivity contribution in [3.8, 4) is 11.8 Å². The van der Waals surface area contributed by atoms with Crippen LogP contribution in [0.1, 0.15) is 33.1 Å². The fraction of sp³-hybridized carbons (Fsp3) is 0.235. The van der Waals surface area contributed by atoms with E-state index in [9.17, 15) is 23.2 Å². The van der Waals surface area contributed by atoms with E-state index < -0.39 is 23.4 Å². The lowest BCUT2D eigenvalue weighted by molar-refractivity contribution is -0.137. The Kier molecular flexibility index (Phi) is 3.97. The molecule has 2 aromatic rings. The quantitative estimate of drug-likeness (QED) is 0.807. The fourth-order valence-corrected chi connectivity index (χ4v) is 2.51. The Labute approximate surface area is 135 Å². The van der Waals surface area contributed by atoms with E-state index in [4.69, 9.17) is 4.74 Å². The average Bonchev–Trinajstić information content (AvgIpc) is 3.02. The summed E-state index contributed by atoms with van der Waals surface area (Å²) in [6.07, 6.45) is -3.21. The molecule has 7 heteroatoms. The normalized spacial score (nSPS) is 14.4. The molecule has 2 heterocycles. The van der Waals surface area contributed by atoms with Crippen molar-refractivity contribution in [1.29, 1.82) is 5.26 Å². The molecule has 0 amide bonds. The minimum absolute atomic E-state index is 0.00718. The number of hydrogen-bond donors (Lipinski definition) is 0. The van der Waals surface area contributed by atoms with Gasteiger partial charge in [-0.2, -0.15) is 18.4 Å². The third kappa shape index (κ3) is 2.95. The Hall–Kier alpha value is -2.88. The number of nitriles is 1. The Bertz CT molecular complexity index is 823. The lowest BCUT2D eigenvalue weighted by atomic mass is 9.94. The van der Waals surface area contributed by atoms with E-state index in [0.29, 0.717) is 30.5 Å². The lowest BCUT2D eigenvalue weighted by Crippen LogP contribution is -2.14. The number of ether oxygens (including phenoxy) is 1. The van der Waals surface area contributed by atoms with Gasteiger partial charge in [0.1, 0.15) is 5.75 Å². The van der Waals surface area contributed by atoms with Crippen LogP contribution in [0, 0.1) is 11.3 Å². The average molecular weight is 332 g/mol. The highest BCUT2D eigenvalue weighted by molar-refractivity contribution is 6.02. The molecule has 4 nitrogen and oxygen atoms in total. The maximum Gasteiger partial charge on any atom is 0.417 e. The van der Waals surface area contributed by atoms with Crippen molar-refractivity contribution in [2.24, 2.45) is 0 Å². The van der Waals surface area contributed by atoms with E-state index in [1.54, 1.807) is 18.2 Å². The number of hydrogen-bond acceptors (Lipinski definition) is 4. The number of alkyl halides is 3. The van der Waals surface area contributed by atoms with Gasteiger partial charge in [0, 0.05) is 18.2 Å². The molecule has 1 aliphatic rings. The number of halogens is 3. The predicted molar refractivity (Wildman–Crippen MR) is 77.6 cm³/mol. The van der Waals surface area contributed by atoms with Gasteiger partial charge in [-0.1, -0.05) is 0 Å². The van der Waals surface area contributed by atoms with E-state index >= 15 is 0 Å². The molecule has 0 radical (unpaired) electrons. The van der Waals surface area contributed by atoms with Crippen LogP contribution in [-0.4, -0.2) is 17.4 Å². The zero-order chi connectivity index (χ0) is 17.3. The number of carbonyl (C=O) groups is 1. The Morgan fingerprint density at radius 3 is 2.71 bits per heavy atom. The number of nitrogens with zero attached hydrogens (tertiary/aromatic N) is 2. The molecule has 1 aliphatic heterocycles. The van der Waals surface area contributed by atoms with Gasteiger partial charge >= 0.3 is 6.18 Å². The molecule has 3 rings (SSSR count). The van der Waals surface area contributed by atoms with Gasteiger partial charge in [0.2, 0.25) is 0 Å². The molecular weight excluding hydrogens is 321 g/mol. The predicted octanol–water partition coefficient (Wildman–Crippen LogP) is 3.53. The molecular formula is C17H11F3N2O2. The number of ketones is 1. The third-order valence-electron chi connectivity index (χ3n) is 3.77. The lowest BCUT2D eigenvalue weighted by Gasteiger charge is -2.11. The van der Waals surface area contributed by atoms with Crippen molar-refractivity contribution in [2.75, 3.05) is 6.61 Å². The summed E-state index contributed by atoms with van der Waals surface area (Å²) >= 11 is 0. The number of aromatic nitrogens is 1. The van der Waals surface area contributed by atoms with Crippen molar-refractivity contribution in [2.45, 2.75) is 18.5 Å². The Balaban J connectivity index is 1.88. The SMILES string of the molecule is N#C[C@@H](C(=O)c1ccc2c(c1)CCO2)c1ccc(C(F)(F)F)cn1. The molecule has 0 aliphatic carbocycles. The van der Waals surface area contributed by atoms with Crippen LogP contribution in [0.5, 0.6) is 5.75 Å². The highest BCUT2D eigenvalue weighted by Gasteiger charge is 2.32. The minimum atomic E-state index is -4.52. The molecule has 0 unspecified atom stereocenters. The van der Waals surface area contributed by atoms with Crippen LogP contribution in [0.25, 0.3) is 0 Å². The van der Waals surface area contributed by atoms with Crippen LogP contribution in [0.3, 0.4) is 0 Å². The summed E-state index contributed by atoms with van der Waals surface area (Å²) in [6, 6.07) is 8.55.